The topological polar surface area (TPSA) is 55.6 Å². The third-order valence-electron chi connectivity index (χ3n) is 4.81. The maximum Gasteiger partial charge on any atom is 0.260 e. The van der Waals surface area contributed by atoms with Gasteiger partial charge in [0.15, 0.2) is 6.61 Å². The van der Waals surface area contributed by atoms with Crippen LogP contribution in [0.1, 0.15) is 27.8 Å². The number of benzene rings is 2. The summed E-state index contributed by atoms with van der Waals surface area (Å²) in [6, 6.07) is 10.0. The van der Waals surface area contributed by atoms with E-state index in [1.54, 1.807) is 0 Å². The molecule has 1 heterocycles. The molecule has 0 spiro atoms. The van der Waals surface area contributed by atoms with Crippen LogP contribution in [-0.4, -0.2) is 24.0 Å². The predicted octanol–water partition coefficient (Wildman–Crippen LogP) is 3.16. The van der Waals surface area contributed by atoms with Gasteiger partial charge in [-0.15, -0.1) is 0 Å². The molecule has 0 aliphatic carbocycles. The van der Waals surface area contributed by atoms with Crippen LogP contribution in [0.3, 0.4) is 0 Å². The van der Waals surface area contributed by atoms with E-state index < -0.39 is 0 Å². The van der Waals surface area contributed by atoms with Crippen LogP contribution >= 0.6 is 0 Å². The van der Waals surface area contributed by atoms with Gasteiger partial charge in [0, 0.05) is 18.8 Å². The van der Waals surface area contributed by atoms with Gasteiger partial charge in [0.2, 0.25) is 0 Å². The summed E-state index contributed by atoms with van der Waals surface area (Å²) in [5.41, 5.74) is 12.3. The van der Waals surface area contributed by atoms with Gasteiger partial charge in [0.1, 0.15) is 5.75 Å². The first kappa shape index (κ1) is 16.4. The molecule has 2 aromatic rings. The number of carbonyl (C=O) groups excluding carboxylic acids is 1. The lowest BCUT2D eigenvalue weighted by Crippen LogP contribution is -2.39. The molecule has 4 heteroatoms. The van der Waals surface area contributed by atoms with Gasteiger partial charge in [0.25, 0.3) is 5.91 Å². The predicted molar refractivity (Wildman–Crippen MR) is 96.1 cm³/mol. The number of ether oxygens (including phenoxy) is 1. The molecule has 0 aromatic heterocycles. The number of nitrogens with two attached hydrogens (primary N) is 1. The highest BCUT2D eigenvalue weighted by Crippen LogP contribution is 2.26. The van der Waals surface area contributed by atoms with Crippen LogP contribution in [0.15, 0.2) is 30.3 Å². The van der Waals surface area contributed by atoms with Crippen LogP contribution in [0.4, 0.5) is 5.69 Å². The summed E-state index contributed by atoms with van der Waals surface area (Å²) in [4.78, 5) is 14.4. The van der Waals surface area contributed by atoms with Crippen molar-refractivity contribution in [3.63, 3.8) is 0 Å². The molecule has 0 bridgehead atoms. The SMILES string of the molecule is Cc1ccc(C)c(OCC(=O)N2CCc3ccc(N)cc3C2)c1C. The normalized spacial score (nSPS) is 13.5. The Morgan fingerprint density at radius 3 is 2.67 bits per heavy atom. The lowest BCUT2D eigenvalue weighted by molar-refractivity contribution is -0.134. The maximum atomic E-state index is 12.5. The van der Waals surface area contributed by atoms with Crippen LogP contribution in [0.5, 0.6) is 5.75 Å². The average molecular weight is 324 g/mol. The molecule has 0 saturated heterocycles. The molecular weight excluding hydrogens is 300 g/mol. The van der Waals surface area contributed by atoms with Crippen molar-refractivity contribution in [1.82, 2.24) is 4.90 Å². The van der Waals surface area contributed by atoms with E-state index >= 15 is 0 Å². The Bertz CT molecular complexity index is 783. The minimum Gasteiger partial charge on any atom is -0.483 e. The summed E-state index contributed by atoms with van der Waals surface area (Å²) in [6.45, 7) is 7.49. The molecule has 1 aliphatic rings. The minimum absolute atomic E-state index is 0.0170. The number of fused-ring (bicyclic) bond motifs is 1. The van der Waals surface area contributed by atoms with E-state index in [0.29, 0.717) is 6.54 Å². The van der Waals surface area contributed by atoms with Crippen molar-refractivity contribution in [2.45, 2.75) is 33.7 Å². The fourth-order valence-corrected chi connectivity index (χ4v) is 3.16. The van der Waals surface area contributed by atoms with Gasteiger partial charge in [0.05, 0.1) is 0 Å². The number of aryl methyl sites for hydroxylation is 2. The van der Waals surface area contributed by atoms with Crippen molar-refractivity contribution >= 4 is 11.6 Å². The van der Waals surface area contributed by atoms with E-state index in [9.17, 15) is 4.79 Å². The molecule has 126 valence electrons. The number of carbonyl (C=O) groups is 1. The summed E-state index contributed by atoms with van der Waals surface area (Å²) >= 11 is 0. The van der Waals surface area contributed by atoms with Gasteiger partial charge in [-0.05, 0) is 67.1 Å². The number of hydrogen-bond acceptors (Lipinski definition) is 3. The molecule has 2 N–H and O–H groups in total. The van der Waals surface area contributed by atoms with Crippen LogP contribution in [0.2, 0.25) is 0 Å². The van der Waals surface area contributed by atoms with Crippen LogP contribution in [-0.2, 0) is 17.8 Å². The van der Waals surface area contributed by atoms with Gasteiger partial charge in [-0.2, -0.15) is 0 Å². The molecule has 0 radical (unpaired) electrons. The molecule has 0 saturated carbocycles. The summed E-state index contributed by atoms with van der Waals surface area (Å²) in [6.07, 6.45) is 0.865. The van der Waals surface area contributed by atoms with Gasteiger partial charge in [-0.3, -0.25) is 4.79 Å². The highest BCUT2D eigenvalue weighted by molar-refractivity contribution is 5.78. The Balaban J connectivity index is 1.68. The molecule has 0 atom stereocenters. The van der Waals surface area contributed by atoms with Crippen molar-refractivity contribution in [2.24, 2.45) is 0 Å². The highest BCUT2D eigenvalue weighted by Gasteiger charge is 2.21. The monoisotopic (exact) mass is 324 g/mol. The van der Waals surface area contributed by atoms with Gasteiger partial charge in [-0.1, -0.05) is 18.2 Å². The van der Waals surface area contributed by atoms with Crippen molar-refractivity contribution in [1.29, 1.82) is 0 Å². The second-order valence-corrected chi connectivity index (χ2v) is 6.54. The zero-order valence-corrected chi connectivity index (χ0v) is 14.6. The van der Waals surface area contributed by atoms with Gasteiger partial charge < -0.3 is 15.4 Å². The van der Waals surface area contributed by atoms with Crippen molar-refractivity contribution in [2.75, 3.05) is 18.9 Å². The Kier molecular flexibility index (Phi) is 4.47. The smallest absolute Gasteiger partial charge is 0.260 e. The standard InChI is InChI=1S/C20H24N2O2/c1-13-4-5-14(2)20(15(13)3)24-12-19(23)22-9-8-16-6-7-18(21)10-17(16)11-22/h4-7,10H,8-9,11-12,21H2,1-3H3. The molecule has 24 heavy (non-hydrogen) atoms. The lowest BCUT2D eigenvalue weighted by atomic mass is 9.99. The van der Waals surface area contributed by atoms with E-state index in [1.165, 1.54) is 11.1 Å². The van der Waals surface area contributed by atoms with Gasteiger partial charge in [-0.25, -0.2) is 0 Å². The van der Waals surface area contributed by atoms with E-state index in [2.05, 4.69) is 19.1 Å². The molecule has 1 amide bonds. The Labute approximate surface area is 143 Å². The van der Waals surface area contributed by atoms with Crippen molar-refractivity contribution < 1.29 is 9.53 Å². The molecule has 0 fully saturated rings. The van der Waals surface area contributed by atoms with E-state index in [0.717, 1.165) is 41.1 Å². The number of hydrogen-bond donors (Lipinski definition) is 1. The second kappa shape index (κ2) is 6.56. The van der Waals surface area contributed by atoms with Crippen LogP contribution in [0, 0.1) is 20.8 Å². The largest absolute Gasteiger partial charge is 0.483 e. The van der Waals surface area contributed by atoms with Crippen LogP contribution < -0.4 is 10.5 Å². The Hall–Kier alpha value is -2.49. The van der Waals surface area contributed by atoms with Crippen LogP contribution in [0.25, 0.3) is 0 Å². The summed E-state index contributed by atoms with van der Waals surface area (Å²) in [7, 11) is 0. The third-order valence-corrected chi connectivity index (χ3v) is 4.81. The first-order valence-corrected chi connectivity index (χ1v) is 8.30. The van der Waals surface area contributed by atoms with E-state index in [4.69, 9.17) is 10.5 Å². The lowest BCUT2D eigenvalue weighted by Gasteiger charge is -2.29. The molecule has 1 aliphatic heterocycles. The molecule has 4 nitrogen and oxygen atoms in total. The minimum atomic E-state index is 0.0170. The zero-order chi connectivity index (χ0) is 17.3. The highest BCUT2D eigenvalue weighted by atomic mass is 16.5. The number of anilines is 1. The van der Waals surface area contributed by atoms with Crippen molar-refractivity contribution in [3.8, 4) is 5.75 Å². The third kappa shape index (κ3) is 3.23. The second-order valence-electron chi connectivity index (χ2n) is 6.54. The quantitative estimate of drug-likeness (QED) is 0.882. The zero-order valence-electron chi connectivity index (χ0n) is 14.6. The number of nitrogens with zero attached hydrogens (tertiary/aromatic N) is 1. The summed E-state index contributed by atoms with van der Waals surface area (Å²) < 4.78 is 5.86. The summed E-state index contributed by atoms with van der Waals surface area (Å²) in [5, 5.41) is 0. The maximum absolute atomic E-state index is 12.5. The van der Waals surface area contributed by atoms with E-state index in [-0.39, 0.29) is 12.5 Å². The number of rotatable bonds is 3. The Morgan fingerprint density at radius 2 is 1.88 bits per heavy atom. The first-order chi connectivity index (χ1) is 11.5. The molecule has 2 aromatic carbocycles. The fourth-order valence-electron chi connectivity index (χ4n) is 3.16. The Morgan fingerprint density at radius 1 is 1.12 bits per heavy atom. The molecule has 3 rings (SSSR count). The molecule has 0 unspecified atom stereocenters. The molecular formula is C20H24N2O2. The van der Waals surface area contributed by atoms with Gasteiger partial charge >= 0.3 is 0 Å². The number of nitrogen functional groups attached to an aromatic ring is 1. The average Bonchev–Trinajstić information content (AvgIpc) is 2.57. The van der Waals surface area contributed by atoms with E-state index in [1.807, 2.05) is 36.9 Å². The van der Waals surface area contributed by atoms with Crippen molar-refractivity contribution in [3.05, 3.63) is 58.1 Å². The first-order valence-electron chi connectivity index (χ1n) is 8.30. The summed E-state index contributed by atoms with van der Waals surface area (Å²) in [5.74, 6) is 0.841. The number of amides is 1. The fraction of sp³-hybridized carbons (Fsp3) is 0.350.